The first-order valence-corrected chi connectivity index (χ1v) is 6.88. The Morgan fingerprint density at radius 3 is 2.53 bits per heavy atom. The lowest BCUT2D eigenvalue weighted by molar-refractivity contribution is 0.600. The van der Waals surface area contributed by atoms with Crippen molar-refractivity contribution >= 4 is 27.7 Å². The number of hydrogen-bond donors (Lipinski definition) is 0. The normalized spacial score (nSPS) is 10.6. The van der Waals surface area contributed by atoms with Crippen LogP contribution in [0.2, 0.25) is 0 Å². The summed E-state index contributed by atoms with van der Waals surface area (Å²) in [6.45, 7) is 4.10. The Kier molecular flexibility index (Phi) is 3.89. The average molecular weight is 311 g/mol. The molecule has 0 unspecified atom stereocenters. The van der Waals surface area contributed by atoms with Crippen molar-refractivity contribution in [1.29, 1.82) is 0 Å². The second-order valence-electron chi connectivity index (χ2n) is 3.92. The van der Waals surface area contributed by atoms with Crippen LogP contribution in [0, 0.1) is 19.7 Å². The molecule has 88 valence electrons. The van der Waals surface area contributed by atoms with Crippen LogP contribution in [-0.2, 0) is 0 Å². The third-order valence-corrected chi connectivity index (χ3v) is 4.68. The van der Waals surface area contributed by atoms with Gasteiger partial charge in [0.2, 0.25) is 0 Å². The lowest BCUT2D eigenvalue weighted by Crippen LogP contribution is -1.86. The Morgan fingerprint density at radius 1 is 1.12 bits per heavy atom. The van der Waals surface area contributed by atoms with Gasteiger partial charge in [0.15, 0.2) is 0 Å². The van der Waals surface area contributed by atoms with Gasteiger partial charge in [-0.15, -0.1) is 0 Å². The fourth-order valence-corrected chi connectivity index (χ4v) is 3.10. The van der Waals surface area contributed by atoms with E-state index < -0.39 is 0 Å². The second-order valence-corrected chi connectivity index (χ2v) is 5.83. The van der Waals surface area contributed by atoms with Gasteiger partial charge in [0.1, 0.15) is 5.82 Å². The highest BCUT2D eigenvalue weighted by Crippen LogP contribution is 2.37. The Balaban J connectivity index is 2.38. The highest BCUT2D eigenvalue weighted by atomic mass is 79.9. The van der Waals surface area contributed by atoms with E-state index in [2.05, 4.69) is 28.9 Å². The molecule has 0 atom stereocenters. The van der Waals surface area contributed by atoms with Crippen LogP contribution in [0.5, 0.6) is 0 Å². The summed E-state index contributed by atoms with van der Waals surface area (Å²) >= 11 is 4.84. The monoisotopic (exact) mass is 310 g/mol. The molecule has 0 bridgehead atoms. The molecule has 17 heavy (non-hydrogen) atoms. The SMILES string of the molecule is Cc1ccc(Sc2c(F)cccc2Br)c(C)c1. The van der Waals surface area contributed by atoms with Crippen LogP contribution in [-0.4, -0.2) is 0 Å². The molecule has 0 radical (unpaired) electrons. The quantitative estimate of drug-likeness (QED) is 0.720. The van der Waals surface area contributed by atoms with Crippen molar-refractivity contribution in [3.8, 4) is 0 Å². The predicted molar refractivity (Wildman–Crippen MR) is 74.1 cm³/mol. The number of aryl methyl sites for hydroxylation is 2. The fraction of sp³-hybridized carbons (Fsp3) is 0.143. The summed E-state index contributed by atoms with van der Waals surface area (Å²) in [7, 11) is 0. The van der Waals surface area contributed by atoms with Crippen molar-refractivity contribution in [3.63, 3.8) is 0 Å². The maximum Gasteiger partial charge on any atom is 0.138 e. The van der Waals surface area contributed by atoms with Gasteiger partial charge >= 0.3 is 0 Å². The van der Waals surface area contributed by atoms with Gasteiger partial charge in [-0.25, -0.2) is 4.39 Å². The van der Waals surface area contributed by atoms with E-state index in [9.17, 15) is 4.39 Å². The zero-order chi connectivity index (χ0) is 12.4. The minimum Gasteiger partial charge on any atom is -0.206 e. The van der Waals surface area contributed by atoms with Gasteiger partial charge in [-0.05, 0) is 53.5 Å². The minimum atomic E-state index is -0.190. The first-order valence-electron chi connectivity index (χ1n) is 5.27. The van der Waals surface area contributed by atoms with Gasteiger partial charge in [0.05, 0.1) is 4.90 Å². The molecular formula is C14H12BrFS. The molecule has 0 amide bonds. The van der Waals surface area contributed by atoms with Gasteiger partial charge in [-0.2, -0.15) is 0 Å². The van der Waals surface area contributed by atoms with Gasteiger partial charge < -0.3 is 0 Å². The molecule has 0 nitrogen and oxygen atoms in total. The first kappa shape index (κ1) is 12.7. The van der Waals surface area contributed by atoms with E-state index in [1.54, 1.807) is 6.07 Å². The Morgan fingerprint density at radius 2 is 1.88 bits per heavy atom. The molecule has 0 saturated carbocycles. The molecular weight excluding hydrogens is 299 g/mol. The summed E-state index contributed by atoms with van der Waals surface area (Å²) in [6, 6.07) is 11.2. The highest BCUT2D eigenvalue weighted by Gasteiger charge is 2.09. The zero-order valence-corrected chi connectivity index (χ0v) is 12.0. The van der Waals surface area contributed by atoms with E-state index in [4.69, 9.17) is 0 Å². The molecule has 0 N–H and O–H groups in total. The Hall–Kier alpha value is -0.800. The van der Waals surface area contributed by atoms with Crippen LogP contribution < -0.4 is 0 Å². The third-order valence-electron chi connectivity index (χ3n) is 2.46. The number of halogens is 2. The molecule has 0 aliphatic heterocycles. The van der Waals surface area contributed by atoms with Crippen LogP contribution in [0.3, 0.4) is 0 Å². The Labute approximate surface area is 113 Å². The maximum atomic E-state index is 13.7. The van der Waals surface area contributed by atoms with Crippen LogP contribution in [0.25, 0.3) is 0 Å². The van der Waals surface area contributed by atoms with E-state index in [1.165, 1.54) is 29.0 Å². The van der Waals surface area contributed by atoms with Crippen molar-refractivity contribution in [2.75, 3.05) is 0 Å². The van der Waals surface area contributed by atoms with Crippen LogP contribution in [0.15, 0.2) is 50.7 Å². The molecule has 2 aromatic carbocycles. The summed E-state index contributed by atoms with van der Waals surface area (Å²) in [6.07, 6.45) is 0. The van der Waals surface area contributed by atoms with Crippen molar-refractivity contribution in [2.24, 2.45) is 0 Å². The standard InChI is InChI=1S/C14H12BrFS/c1-9-6-7-13(10(2)8-9)17-14-11(15)4-3-5-12(14)16/h3-8H,1-2H3. The van der Waals surface area contributed by atoms with Gasteiger partial charge in [-0.1, -0.05) is 35.5 Å². The summed E-state index contributed by atoms with van der Waals surface area (Å²) in [5.41, 5.74) is 2.39. The number of benzene rings is 2. The van der Waals surface area contributed by atoms with Gasteiger partial charge in [-0.3, -0.25) is 0 Å². The van der Waals surface area contributed by atoms with Gasteiger partial charge in [0, 0.05) is 9.37 Å². The van der Waals surface area contributed by atoms with E-state index in [1.807, 2.05) is 25.1 Å². The number of hydrogen-bond acceptors (Lipinski definition) is 1. The van der Waals surface area contributed by atoms with Crippen LogP contribution in [0.4, 0.5) is 4.39 Å². The van der Waals surface area contributed by atoms with Gasteiger partial charge in [0.25, 0.3) is 0 Å². The van der Waals surface area contributed by atoms with Crippen molar-refractivity contribution in [3.05, 3.63) is 57.8 Å². The largest absolute Gasteiger partial charge is 0.206 e. The van der Waals surface area contributed by atoms with Crippen LogP contribution >= 0.6 is 27.7 Å². The Bertz CT molecular complexity index is 532. The summed E-state index contributed by atoms with van der Waals surface area (Å²) in [5.74, 6) is -0.190. The lowest BCUT2D eigenvalue weighted by Gasteiger charge is -2.08. The molecule has 2 aromatic rings. The summed E-state index contributed by atoms with van der Waals surface area (Å²) < 4.78 is 14.5. The number of rotatable bonds is 2. The first-order chi connectivity index (χ1) is 8.08. The van der Waals surface area contributed by atoms with E-state index in [0.717, 1.165) is 9.37 Å². The van der Waals surface area contributed by atoms with E-state index in [-0.39, 0.29) is 5.82 Å². The summed E-state index contributed by atoms with van der Waals surface area (Å²) in [5, 5.41) is 0. The predicted octanol–water partition coefficient (Wildman–Crippen LogP) is 5.36. The molecule has 0 spiro atoms. The molecule has 0 fully saturated rings. The van der Waals surface area contributed by atoms with Crippen LogP contribution in [0.1, 0.15) is 11.1 Å². The molecule has 3 heteroatoms. The van der Waals surface area contributed by atoms with Crippen molar-refractivity contribution in [1.82, 2.24) is 0 Å². The van der Waals surface area contributed by atoms with Crippen molar-refractivity contribution in [2.45, 2.75) is 23.6 Å². The highest BCUT2D eigenvalue weighted by molar-refractivity contribution is 9.10. The molecule has 0 heterocycles. The minimum absolute atomic E-state index is 0.190. The molecule has 0 aromatic heterocycles. The molecule has 0 saturated heterocycles. The third kappa shape index (κ3) is 2.90. The molecule has 2 rings (SSSR count). The fourth-order valence-electron chi connectivity index (χ4n) is 1.60. The summed E-state index contributed by atoms with van der Waals surface area (Å²) in [4.78, 5) is 1.72. The lowest BCUT2D eigenvalue weighted by atomic mass is 10.2. The average Bonchev–Trinajstić information content (AvgIpc) is 2.26. The van der Waals surface area contributed by atoms with E-state index >= 15 is 0 Å². The molecule has 0 aliphatic carbocycles. The smallest absolute Gasteiger partial charge is 0.138 e. The topological polar surface area (TPSA) is 0 Å². The van der Waals surface area contributed by atoms with Crippen molar-refractivity contribution < 1.29 is 4.39 Å². The zero-order valence-electron chi connectivity index (χ0n) is 9.63. The molecule has 0 aliphatic rings. The second kappa shape index (κ2) is 5.23. The van der Waals surface area contributed by atoms with E-state index in [0.29, 0.717) is 4.90 Å². The maximum absolute atomic E-state index is 13.7.